The second-order valence-electron chi connectivity index (χ2n) is 5.84. The Kier molecular flexibility index (Phi) is 4.76. The number of piperidine rings is 1. The van der Waals surface area contributed by atoms with Gasteiger partial charge in [0.25, 0.3) is 5.91 Å². The topological polar surface area (TPSA) is 86.3 Å². The molecule has 2 aromatic rings. The van der Waals surface area contributed by atoms with E-state index in [1.54, 1.807) is 22.3 Å². The van der Waals surface area contributed by atoms with Gasteiger partial charge in [0.05, 0.1) is 10.6 Å². The van der Waals surface area contributed by atoms with E-state index in [1.807, 2.05) is 17.5 Å². The van der Waals surface area contributed by atoms with Gasteiger partial charge in [0.15, 0.2) is 5.69 Å². The van der Waals surface area contributed by atoms with Crippen molar-refractivity contribution < 1.29 is 14.7 Å². The van der Waals surface area contributed by atoms with Crippen LogP contribution >= 0.6 is 11.3 Å². The van der Waals surface area contributed by atoms with E-state index in [0.29, 0.717) is 25.2 Å². The molecule has 2 aromatic heterocycles. The van der Waals surface area contributed by atoms with Crippen molar-refractivity contribution in [3.05, 3.63) is 29.3 Å². The maximum absolute atomic E-state index is 12.6. The highest BCUT2D eigenvalue weighted by molar-refractivity contribution is 7.13. The summed E-state index contributed by atoms with van der Waals surface area (Å²) >= 11 is 1.59. The molecule has 6 nitrogen and oxygen atoms in total. The molecular formula is C16H19N3O3S. The van der Waals surface area contributed by atoms with E-state index in [4.69, 9.17) is 5.11 Å². The molecule has 0 aliphatic carbocycles. The summed E-state index contributed by atoms with van der Waals surface area (Å²) in [5, 5.41) is 17.8. The second kappa shape index (κ2) is 6.95. The molecule has 0 radical (unpaired) electrons. The van der Waals surface area contributed by atoms with Crippen molar-refractivity contribution in [3.8, 4) is 10.6 Å². The van der Waals surface area contributed by atoms with Gasteiger partial charge in [-0.15, -0.1) is 11.3 Å². The fourth-order valence-corrected chi connectivity index (χ4v) is 3.66. The maximum atomic E-state index is 12.6. The molecule has 1 amide bonds. The Bertz CT molecular complexity index is 681. The molecule has 0 unspecified atom stereocenters. The summed E-state index contributed by atoms with van der Waals surface area (Å²) in [6.45, 7) is 1.33. The van der Waals surface area contributed by atoms with E-state index in [0.717, 1.165) is 23.4 Å². The molecular weight excluding hydrogens is 314 g/mol. The normalized spacial score (nSPS) is 18.1. The SMILES string of the molecule is O=C(O)CC[C@@H]1CCCN(C(=O)c2cc(-c3cccs3)[nH]n2)C1. The van der Waals surface area contributed by atoms with E-state index in [2.05, 4.69) is 10.2 Å². The van der Waals surface area contributed by atoms with Crippen molar-refractivity contribution in [1.29, 1.82) is 0 Å². The monoisotopic (exact) mass is 333 g/mol. The Morgan fingerprint density at radius 2 is 2.35 bits per heavy atom. The van der Waals surface area contributed by atoms with E-state index in [-0.39, 0.29) is 18.2 Å². The van der Waals surface area contributed by atoms with Crippen LogP contribution < -0.4 is 0 Å². The number of carbonyl (C=O) groups excluding carboxylic acids is 1. The Balaban J connectivity index is 1.64. The number of hydrogen-bond acceptors (Lipinski definition) is 4. The fourth-order valence-electron chi connectivity index (χ4n) is 2.96. The van der Waals surface area contributed by atoms with Crippen LogP contribution in [0.2, 0.25) is 0 Å². The first-order chi connectivity index (χ1) is 11.1. The average Bonchev–Trinajstić information content (AvgIpc) is 3.23. The fraction of sp³-hybridized carbons (Fsp3) is 0.438. The minimum absolute atomic E-state index is 0.0796. The summed E-state index contributed by atoms with van der Waals surface area (Å²) in [6, 6.07) is 5.73. The van der Waals surface area contributed by atoms with Crippen LogP contribution in [0.1, 0.15) is 36.2 Å². The summed E-state index contributed by atoms with van der Waals surface area (Å²) in [7, 11) is 0. The van der Waals surface area contributed by atoms with Crippen LogP contribution in [0.25, 0.3) is 10.6 Å². The Hall–Kier alpha value is -2.15. The number of aliphatic carboxylic acids is 1. The summed E-state index contributed by atoms with van der Waals surface area (Å²) in [6.07, 6.45) is 2.69. The molecule has 1 fully saturated rings. The zero-order valence-electron chi connectivity index (χ0n) is 12.7. The van der Waals surface area contributed by atoms with Crippen molar-refractivity contribution in [2.24, 2.45) is 5.92 Å². The van der Waals surface area contributed by atoms with Gasteiger partial charge < -0.3 is 10.0 Å². The number of carboxylic acid groups (broad SMARTS) is 1. The van der Waals surface area contributed by atoms with E-state index >= 15 is 0 Å². The number of thiophene rings is 1. The van der Waals surface area contributed by atoms with Crippen molar-refractivity contribution >= 4 is 23.2 Å². The third kappa shape index (κ3) is 3.79. The lowest BCUT2D eigenvalue weighted by Gasteiger charge is -2.32. The largest absolute Gasteiger partial charge is 0.481 e. The van der Waals surface area contributed by atoms with Gasteiger partial charge >= 0.3 is 5.97 Å². The number of H-pyrrole nitrogens is 1. The van der Waals surface area contributed by atoms with Gasteiger partial charge in [0.1, 0.15) is 0 Å². The van der Waals surface area contributed by atoms with Crippen molar-refractivity contribution in [2.45, 2.75) is 25.7 Å². The number of nitrogens with one attached hydrogen (secondary N) is 1. The minimum Gasteiger partial charge on any atom is -0.481 e. The summed E-state index contributed by atoms with van der Waals surface area (Å²) in [5.41, 5.74) is 1.27. The molecule has 23 heavy (non-hydrogen) atoms. The molecule has 122 valence electrons. The van der Waals surface area contributed by atoms with Crippen molar-refractivity contribution in [3.63, 3.8) is 0 Å². The van der Waals surface area contributed by atoms with Gasteiger partial charge in [-0.2, -0.15) is 5.10 Å². The number of likely N-dealkylation sites (tertiary alicyclic amines) is 1. The lowest BCUT2D eigenvalue weighted by Crippen LogP contribution is -2.40. The van der Waals surface area contributed by atoms with Gasteiger partial charge in [-0.1, -0.05) is 6.07 Å². The molecule has 0 aromatic carbocycles. The van der Waals surface area contributed by atoms with Gasteiger partial charge in [-0.05, 0) is 42.7 Å². The molecule has 1 aliphatic heterocycles. The summed E-state index contributed by atoms with van der Waals surface area (Å²) in [4.78, 5) is 26.1. The van der Waals surface area contributed by atoms with Crippen LogP contribution in [0.15, 0.2) is 23.6 Å². The highest BCUT2D eigenvalue weighted by Crippen LogP contribution is 2.25. The molecule has 7 heteroatoms. The van der Waals surface area contributed by atoms with Crippen molar-refractivity contribution in [1.82, 2.24) is 15.1 Å². The van der Waals surface area contributed by atoms with Crippen molar-refractivity contribution in [2.75, 3.05) is 13.1 Å². The zero-order valence-corrected chi connectivity index (χ0v) is 13.5. The van der Waals surface area contributed by atoms with E-state index in [9.17, 15) is 9.59 Å². The first kappa shape index (κ1) is 15.7. The Morgan fingerprint density at radius 3 is 3.09 bits per heavy atom. The number of aromatic nitrogens is 2. The average molecular weight is 333 g/mol. The molecule has 1 atom stereocenters. The van der Waals surface area contributed by atoms with Crippen LogP contribution in [0.4, 0.5) is 0 Å². The third-order valence-corrected chi connectivity index (χ3v) is 5.06. The van der Waals surface area contributed by atoms with Crippen LogP contribution in [0, 0.1) is 5.92 Å². The number of rotatable bonds is 5. The third-order valence-electron chi connectivity index (χ3n) is 4.16. The molecule has 1 saturated heterocycles. The van der Waals surface area contributed by atoms with Gasteiger partial charge in [0.2, 0.25) is 0 Å². The summed E-state index contributed by atoms with van der Waals surface area (Å²) in [5.74, 6) is -0.593. The Labute approximate surface area is 138 Å². The maximum Gasteiger partial charge on any atom is 0.303 e. The highest BCUT2D eigenvalue weighted by Gasteiger charge is 2.26. The highest BCUT2D eigenvalue weighted by atomic mass is 32.1. The molecule has 0 bridgehead atoms. The van der Waals surface area contributed by atoms with Gasteiger partial charge in [-0.25, -0.2) is 0 Å². The molecule has 1 aliphatic rings. The van der Waals surface area contributed by atoms with Crippen LogP contribution in [-0.2, 0) is 4.79 Å². The standard InChI is InChI=1S/C16H19N3O3S/c20-15(21)6-5-11-3-1-7-19(10-11)16(22)13-9-12(17-18-13)14-4-2-8-23-14/h2,4,8-9,11H,1,3,5-7,10H2,(H,17,18)(H,20,21)/t11-/m0/s1. The molecule has 0 saturated carbocycles. The quantitative estimate of drug-likeness (QED) is 0.881. The zero-order chi connectivity index (χ0) is 16.2. The van der Waals surface area contributed by atoms with E-state index in [1.165, 1.54) is 0 Å². The Morgan fingerprint density at radius 1 is 1.48 bits per heavy atom. The smallest absolute Gasteiger partial charge is 0.303 e. The molecule has 3 heterocycles. The number of aromatic amines is 1. The molecule has 2 N–H and O–H groups in total. The number of amides is 1. The van der Waals surface area contributed by atoms with Crippen LogP contribution in [0.3, 0.4) is 0 Å². The van der Waals surface area contributed by atoms with Crippen LogP contribution in [-0.4, -0.2) is 45.2 Å². The lowest BCUT2D eigenvalue weighted by atomic mass is 9.93. The second-order valence-corrected chi connectivity index (χ2v) is 6.78. The van der Waals surface area contributed by atoms with Crippen LogP contribution in [0.5, 0.6) is 0 Å². The number of hydrogen-bond donors (Lipinski definition) is 2. The van der Waals surface area contributed by atoms with Gasteiger partial charge in [-0.3, -0.25) is 14.7 Å². The molecule has 0 spiro atoms. The minimum atomic E-state index is -0.777. The predicted octanol–water partition coefficient (Wildman–Crippen LogP) is 2.86. The molecule has 3 rings (SSSR count). The number of nitrogens with zero attached hydrogens (tertiary/aromatic N) is 2. The first-order valence-electron chi connectivity index (χ1n) is 7.74. The number of carbonyl (C=O) groups is 2. The lowest BCUT2D eigenvalue weighted by molar-refractivity contribution is -0.137. The van der Waals surface area contributed by atoms with E-state index < -0.39 is 5.97 Å². The van der Waals surface area contributed by atoms with Gasteiger partial charge in [0, 0.05) is 19.5 Å². The number of carboxylic acids is 1. The first-order valence-corrected chi connectivity index (χ1v) is 8.62. The summed E-state index contributed by atoms with van der Waals surface area (Å²) < 4.78 is 0. The predicted molar refractivity (Wildman–Crippen MR) is 87.4 cm³/mol.